The van der Waals surface area contributed by atoms with Crippen molar-refractivity contribution < 1.29 is 4.74 Å². The van der Waals surface area contributed by atoms with Crippen molar-refractivity contribution in [3.63, 3.8) is 0 Å². The summed E-state index contributed by atoms with van der Waals surface area (Å²) in [5.41, 5.74) is 9.03. The molecule has 0 bridgehead atoms. The van der Waals surface area contributed by atoms with Crippen LogP contribution in [0.3, 0.4) is 0 Å². The molecule has 0 aliphatic rings. The van der Waals surface area contributed by atoms with Crippen molar-refractivity contribution in [3.8, 4) is 11.5 Å². The van der Waals surface area contributed by atoms with Crippen LogP contribution in [0.2, 0.25) is 0 Å². The molecular weight excluding hydrogens is 248 g/mol. The molecule has 2 rings (SSSR count). The second-order valence-electron chi connectivity index (χ2n) is 5.18. The molecule has 3 heteroatoms. The van der Waals surface area contributed by atoms with Gasteiger partial charge in [-0.2, -0.15) is 0 Å². The molecule has 0 spiro atoms. The summed E-state index contributed by atoms with van der Waals surface area (Å²) in [6, 6.07) is 12.2. The predicted molar refractivity (Wildman–Crippen MR) is 82.2 cm³/mol. The van der Waals surface area contributed by atoms with E-state index < -0.39 is 0 Å². The monoisotopic (exact) mass is 270 g/mol. The number of nitrogens with two attached hydrogens (primary N) is 1. The van der Waals surface area contributed by atoms with Gasteiger partial charge in [-0.25, -0.2) is 0 Å². The van der Waals surface area contributed by atoms with E-state index in [1.54, 1.807) is 0 Å². The first-order valence-corrected chi connectivity index (χ1v) is 7.07. The summed E-state index contributed by atoms with van der Waals surface area (Å²) in [4.78, 5) is 4.50. The normalized spacial score (nSPS) is 12.2. The van der Waals surface area contributed by atoms with Crippen LogP contribution in [0.5, 0.6) is 11.5 Å². The Morgan fingerprint density at radius 3 is 2.45 bits per heavy atom. The van der Waals surface area contributed by atoms with E-state index in [0.29, 0.717) is 0 Å². The number of ether oxygens (including phenoxy) is 1. The van der Waals surface area contributed by atoms with Gasteiger partial charge < -0.3 is 10.5 Å². The van der Waals surface area contributed by atoms with Gasteiger partial charge in [-0.3, -0.25) is 4.98 Å². The van der Waals surface area contributed by atoms with Gasteiger partial charge in [-0.05, 0) is 56.5 Å². The fourth-order valence-electron chi connectivity index (χ4n) is 2.14. The van der Waals surface area contributed by atoms with E-state index >= 15 is 0 Å². The van der Waals surface area contributed by atoms with Crippen LogP contribution in [-0.2, 0) is 12.8 Å². The van der Waals surface area contributed by atoms with Gasteiger partial charge in [0.2, 0.25) is 0 Å². The summed E-state index contributed by atoms with van der Waals surface area (Å²) in [7, 11) is 0. The molecule has 2 N–H and O–H groups in total. The highest BCUT2D eigenvalue weighted by atomic mass is 16.5. The van der Waals surface area contributed by atoms with E-state index in [1.165, 1.54) is 5.56 Å². The molecule has 3 nitrogen and oxygen atoms in total. The Morgan fingerprint density at radius 1 is 1.15 bits per heavy atom. The third-order valence-corrected chi connectivity index (χ3v) is 3.12. The Balaban J connectivity index is 2.14. The zero-order valence-electron chi connectivity index (χ0n) is 12.4. The van der Waals surface area contributed by atoms with E-state index in [2.05, 4.69) is 24.0 Å². The Labute approximate surface area is 120 Å². The second kappa shape index (κ2) is 6.53. The molecule has 106 valence electrons. The Kier molecular flexibility index (Phi) is 4.74. The largest absolute Gasteiger partial charge is 0.455 e. The highest BCUT2D eigenvalue weighted by Crippen LogP contribution is 2.25. The summed E-state index contributed by atoms with van der Waals surface area (Å²) in [6.45, 7) is 6.09. The number of hydrogen-bond donors (Lipinski definition) is 1. The summed E-state index contributed by atoms with van der Waals surface area (Å²) >= 11 is 0. The number of hydrogen-bond acceptors (Lipinski definition) is 3. The maximum Gasteiger partial charge on any atom is 0.148 e. The van der Waals surface area contributed by atoms with Crippen molar-refractivity contribution in [2.45, 2.75) is 39.7 Å². The van der Waals surface area contributed by atoms with Crippen LogP contribution < -0.4 is 10.5 Å². The summed E-state index contributed by atoms with van der Waals surface area (Å²) in [6.07, 6.45) is 1.74. The molecule has 20 heavy (non-hydrogen) atoms. The first kappa shape index (κ1) is 14.5. The molecule has 1 aromatic carbocycles. The Bertz CT molecular complexity index is 562. The summed E-state index contributed by atoms with van der Waals surface area (Å²) in [5, 5.41) is 0. The van der Waals surface area contributed by atoms with E-state index in [1.807, 2.05) is 38.1 Å². The first-order chi connectivity index (χ1) is 9.58. The molecule has 0 aliphatic heterocycles. The third kappa shape index (κ3) is 3.81. The minimum Gasteiger partial charge on any atom is -0.455 e. The van der Waals surface area contributed by atoms with Crippen molar-refractivity contribution in [1.82, 2.24) is 4.98 Å². The van der Waals surface area contributed by atoms with Crippen molar-refractivity contribution in [1.29, 1.82) is 0 Å². The maximum atomic E-state index is 5.92. The topological polar surface area (TPSA) is 48.1 Å². The number of benzene rings is 1. The smallest absolute Gasteiger partial charge is 0.148 e. The average Bonchev–Trinajstić information content (AvgIpc) is 2.42. The van der Waals surface area contributed by atoms with Crippen LogP contribution in [0.4, 0.5) is 0 Å². The summed E-state index contributed by atoms with van der Waals surface area (Å²) < 4.78 is 5.92. The van der Waals surface area contributed by atoms with Crippen molar-refractivity contribution >= 4 is 0 Å². The lowest BCUT2D eigenvalue weighted by atomic mass is 10.1. The zero-order chi connectivity index (χ0) is 14.5. The van der Waals surface area contributed by atoms with Crippen LogP contribution in [0.1, 0.15) is 30.8 Å². The van der Waals surface area contributed by atoms with Crippen LogP contribution in [0.15, 0.2) is 36.4 Å². The molecule has 1 unspecified atom stereocenters. The minimum atomic E-state index is 0.176. The molecule has 2 aromatic rings. The van der Waals surface area contributed by atoms with Crippen molar-refractivity contribution in [2.24, 2.45) is 5.73 Å². The molecule has 1 atom stereocenters. The Hall–Kier alpha value is -1.87. The lowest BCUT2D eigenvalue weighted by Crippen LogP contribution is -2.17. The van der Waals surface area contributed by atoms with Crippen LogP contribution >= 0.6 is 0 Å². The van der Waals surface area contributed by atoms with Crippen LogP contribution in [-0.4, -0.2) is 11.0 Å². The van der Waals surface area contributed by atoms with Gasteiger partial charge in [0.1, 0.15) is 11.5 Å². The molecular formula is C17H22N2O. The van der Waals surface area contributed by atoms with E-state index in [9.17, 15) is 0 Å². The van der Waals surface area contributed by atoms with Gasteiger partial charge in [0.25, 0.3) is 0 Å². The molecule has 0 saturated heterocycles. The zero-order valence-corrected chi connectivity index (χ0v) is 12.4. The fourth-order valence-corrected chi connectivity index (χ4v) is 2.14. The standard InChI is InChI=1S/C17H22N2O/c1-4-16-17(10-5-13(3)19-16)20-15-8-6-14(7-9-15)11-12(2)18/h5-10,12H,4,11,18H2,1-3H3. The summed E-state index contributed by atoms with van der Waals surface area (Å²) in [5.74, 6) is 1.66. The lowest BCUT2D eigenvalue weighted by molar-refractivity contribution is 0.472. The molecule has 0 amide bonds. The van der Waals surface area contributed by atoms with Crippen LogP contribution in [0.25, 0.3) is 0 Å². The Morgan fingerprint density at radius 2 is 1.85 bits per heavy atom. The first-order valence-electron chi connectivity index (χ1n) is 7.07. The number of aryl methyl sites for hydroxylation is 2. The molecule has 0 fully saturated rings. The molecule has 0 aliphatic carbocycles. The quantitative estimate of drug-likeness (QED) is 0.902. The van der Waals surface area contributed by atoms with Gasteiger partial charge in [-0.1, -0.05) is 19.1 Å². The number of pyridine rings is 1. The maximum absolute atomic E-state index is 5.92. The van der Waals surface area contributed by atoms with Gasteiger partial charge >= 0.3 is 0 Å². The van der Waals surface area contributed by atoms with Gasteiger partial charge in [-0.15, -0.1) is 0 Å². The number of aromatic nitrogens is 1. The van der Waals surface area contributed by atoms with Gasteiger partial charge in [0.05, 0.1) is 5.69 Å². The van der Waals surface area contributed by atoms with Crippen molar-refractivity contribution in [2.75, 3.05) is 0 Å². The third-order valence-electron chi connectivity index (χ3n) is 3.12. The lowest BCUT2D eigenvalue weighted by Gasteiger charge is -2.11. The number of rotatable bonds is 5. The molecule has 0 saturated carbocycles. The second-order valence-corrected chi connectivity index (χ2v) is 5.18. The number of nitrogens with zero attached hydrogens (tertiary/aromatic N) is 1. The predicted octanol–water partition coefficient (Wildman–Crippen LogP) is 3.63. The molecule has 1 heterocycles. The van der Waals surface area contributed by atoms with Crippen molar-refractivity contribution in [3.05, 3.63) is 53.3 Å². The van der Waals surface area contributed by atoms with Crippen LogP contribution in [0, 0.1) is 6.92 Å². The van der Waals surface area contributed by atoms with Gasteiger partial charge in [0, 0.05) is 11.7 Å². The fraction of sp³-hybridized carbons (Fsp3) is 0.353. The highest BCUT2D eigenvalue weighted by Gasteiger charge is 2.06. The van der Waals surface area contributed by atoms with E-state index in [0.717, 1.165) is 35.7 Å². The van der Waals surface area contributed by atoms with Gasteiger partial charge in [0.15, 0.2) is 0 Å². The molecule has 0 radical (unpaired) electrons. The average molecular weight is 270 g/mol. The molecule has 1 aromatic heterocycles. The SMILES string of the molecule is CCc1nc(C)ccc1Oc1ccc(CC(C)N)cc1. The van der Waals surface area contributed by atoms with E-state index in [-0.39, 0.29) is 6.04 Å². The van der Waals surface area contributed by atoms with E-state index in [4.69, 9.17) is 10.5 Å². The highest BCUT2D eigenvalue weighted by molar-refractivity contribution is 5.36. The minimum absolute atomic E-state index is 0.176.